The lowest BCUT2D eigenvalue weighted by atomic mass is 9.94. The summed E-state index contributed by atoms with van der Waals surface area (Å²) in [6.45, 7) is 1.89. The number of hydrogen-bond donors (Lipinski definition) is 2. The van der Waals surface area contributed by atoms with Gasteiger partial charge in [0.15, 0.2) is 5.03 Å². The van der Waals surface area contributed by atoms with Crippen LogP contribution in [0.15, 0.2) is 47.9 Å². The standard InChI is InChI=1S/C13H18N4O2S/c1-13(9-14,11-6-4-3-5-7-11)16-20(18,19)12-8-17(2)10-15-12/h3-8,10,16H,9,14H2,1-2H3. The molecule has 0 radical (unpaired) electrons. The molecule has 0 amide bonds. The highest BCUT2D eigenvalue weighted by Gasteiger charge is 2.32. The molecule has 7 heteroatoms. The molecule has 0 saturated heterocycles. The van der Waals surface area contributed by atoms with Gasteiger partial charge in [-0.3, -0.25) is 0 Å². The van der Waals surface area contributed by atoms with Gasteiger partial charge in [0.2, 0.25) is 0 Å². The Balaban J connectivity index is 2.35. The highest BCUT2D eigenvalue weighted by Crippen LogP contribution is 2.22. The predicted molar refractivity (Wildman–Crippen MR) is 76.4 cm³/mol. The summed E-state index contributed by atoms with van der Waals surface area (Å²) < 4.78 is 28.9. The summed E-state index contributed by atoms with van der Waals surface area (Å²) in [7, 11) is -2.01. The first-order valence-electron chi connectivity index (χ1n) is 6.15. The Morgan fingerprint density at radius 3 is 2.50 bits per heavy atom. The first kappa shape index (κ1) is 14.7. The molecule has 1 unspecified atom stereocenters. The van der Waals surface area contributed by atoms with E-state index in [1.165, 1.54) is 12.5 Å². The van der Waals surface area contributed by atoms with Gasteiger partial charge in [0, 0.05) is 19.8 Å². The van der Waals surface area contributed by atoms with Crippen LogP contribution in [0.5, 0.6) is 0 Å². The summed E-state index contributed by atoms with van der Waals surface area (Å²) in [6, 6.07) is 9.24. The van der Waals surface area contributed by atoms with Crippen LogP contribution in [0.4, 0.5) is 0 Å². The minimum Gasteiger partial charge on any atom is -0.339 e. The van der Waals surface area contributed by atoms with E-state index >= 15 is 0 Å². The lowest BCUT2D eigenvalue weighted by Gasteiger charge is -2.29. The van der Waals surface area contributed by atoms with Gasteiger partial charge in [0.1, 0.15) is 0 Å². The van der Waals surface area contributed by atoms with Crippen LogP contribution >= 0.6 is 0 Å². The molecular weight excluding hydrogens is 276 g/mol. The van der Waals surface area contributed by atoms with Crippen molar-refractivity contribution in [2.45, 2.75) is 17.5 Å². The fourth-order valence-corrected chi connectivity index (χ4v) is 3.29. The zero-order valence-electron chi connectivity index (χ0n) is 11.4. The zero-order valence-corrected chi connectivity index (χ0v) is 12.3. The third kappa shape index (κ3) is 2.90. The van der Waals surface area contributed by atoms with Crippen LogP contribution in [-0.2, 0) is 22.6 Å². The van der Waals surface area contributed by atoms with E-state index < -0.39 is 15.6 Å². The van der Waals surface area contributed by atoms with Crippen LogP contribution in [-0.4, -0.2) is 24.5 Å². The van der Waals surface area contributed by atoms with Gasteiger partial charge in [0.05, 0.1) is 11.9 Å². The fourth-order valence-electron chi connectivity index (χ4n) is 1.90. The van der Waals surface area contributed by atoms with Crippen molar-refractivity contribution in [3.05, 3.63) is 48.4 Å². The van der Waals surface area contributed by atoms with E-state index in [2.05, 4.69) is 9.71 Å². The van der Waals surface area contributed by atoms with Crippen LogP contribution in [0.25, 0.3) is 0 Å². The number of nitrogens with one attached hydrogen (secondary N) is 1. The number of rotatable bonds is 5. The van der Waals surface area contributed by atoms with E-state index in [1.54, 1.807) is 18.5 Å². The lowest BCUT2D eigenvalue weighted by molar-refractivity contribution is 0.440. The average molecular weight is 294 g/mol. The van der Waals surface area contributed by atoms with Gasteiger partial charge >= 0.3 is 0 Å². The second-order valence-corrected chi connectivity index (χ2v) is 6.51. The second kappa shape index (κ2) is 5.35. The van der Waals surface area contributed by atoms with Gasteiger partial charge in [-0.15, -0.1) is 0 Å². The van der Waals surface area contributed by atoms with E-state index in [4.69, 9.17) is 5.73 Å². The summed E-state index contributed by atoms with van der Waals surface area (Å²) in [4.78, 5) is 3.87. The van der Waals surface area contributed by atoms with Crippen LogP contribution in [0, 0.1) is 0 Å². The Morgan fingerprint density at radius 2 is 2.00 bits per heavy atom. The molecule has 1 atom stereocenters. The van der Waals surface area contributed by atoms with Crippen molar-refractivity contribution in [2.75, 3.05) is 6.54 Å². The number of benzene rings is 1. The van der Waals surface area contributed by atoms with Crippen LogP contribution < -0.4 is 10.5 Å². The Morgan fingerprint density at radius 1 is 1.35 bits per heavy atom. The molecule has 0 bridgehead atoms. The smallest absolute Gasteiger partial charge is 0.260 e. The highest BCUT2D eigenvalue weighted by atomic mass is 32.2. The number of imidazole rings is 1. The third-order valence-corrected chi connectivity index (χ3v) is 4.62. The maximum absolute atomic E-state index is 12.4. The van der Waals surface area contributed by atoms with Crippen LogP contribution in [0.1, 0.15) is 12.5 Å². The Hall–Kier alpha value is -1.70. The molecule has 0 fully saturated rings. The number of sulfonamides is 1. The average Bonchev–Trinajstić information content (AvgIpc) is 2.87. The Kier molecular flexibility index (Phi) is 3.94. The molecule has 3 N–H and O–H groups in total. The number of nitrogens with two attached hydrogens (primary N) is 1. The molecule has 20 heavy (non-hydrogen) atoms. The molecule has 108 valence electrons. The molecular formula is C13H18N4O2S. The minimum atomic E-state index is -3.72. The highest BCUT2D eigenvalue weighted by molar-refractivity contribution is 7.89. The zero-order chi connectivity index (χ0) is 14.8. The minimum absolute atomic E-state index is 0.0180. The third-order valence-electron chi connectivity index (χ3n) is 3.14. The predicted octanol–water partition coefficient (Wildman–Crippen LogP) is 0.573. The van der Waals surface area contributed by atoms with E-state index in [0.29, 0.717) is 0 Å². The molecule has 1 heterocycles. The normalized spacial score (nSPS) is 14.9. The monoisotopic (exact) mass is 294 g/mol. The Labute approximate surface area is 118 Å². The lowest BCUT2D eigenvalue weighted by Crippen LogP contribution is -2.48. The first-order chi connectivity index (χ1) is 9.37. The summed E-state index contributed by atoms with van der Waals surface area (Å²) in [5.41, 5.74) is 5.71. The van der Waals surface area contributed by atoms with Gasteiger partial charge in [-0.2, -0.15) is 4.72 Å². The molecule has 6 nitrogen and oxygen atoms in total. The summed E-state index contributed by atoms with van der Waals surface area (Å²) >= 11 is 0. The topological polar surface area (TPSA) is 90.0 Å². The number of aromatic nitrogens is 2. The second-order valence-electron chi connectivity index (χ2n) is 4.89. The van der Waals surface area contributed by atoms with Gasteiger partial charge < -0.3 is 10.3 Å². The molecule has 1 aromatic carbocycles. The van der Waals surface area contributed by atoms with Crippen molar-refractivity contribution in [1.82, 2.24) is 14.3 Å². The molecule has 0 aliphatic heterocycles. The maximum atomic E-state index is 12.4. The molecule has 0 spiro atoms. The maximum Gasteiger partial charge on any atom is 0.260 e. The van der Waals surface area contributed by atoms with Gasteiger partial charge in [-0.1, -0.05) is 30.3 Å². The van der Waals surface area contributed by atoms with Gasteiger partial charge in [-0.05, 0) is 12.5 Å². The molecule has 0 aliphatic carbocycles. The van der Waals surface area contributed by atoms with E-state index in [0.717, 1.165) is 5.56 Å². The fraction of sp³-hybridized carbons (Fsp3) is 0.308. The quantitative estimate of drug-likeness (QED) is 0.843. The van der Waals surface area contributed by atoms with Crippen molar-refractivity contribution >= 4 is 10.0 Å². The van der Waals surface area contributed by atoms with Gasteiger partial charge in [0.25, 0.3) is 10.0 Å². The summed E-state index contributed by atoms with van der Waals surface area (Å²) in [5.74, 6) is 0. The van der Waals surface area contributed by atoms with Crippen molar-refractivity contribution in [3.8, 4) is 0 Å². The van der Waals surface area contributed by atoms with Crippen molar-refractivity contribution < 1.29 is 8.42 Å². The molecule has 0 saturated carbocycles. The molecule has 0 aliphatic rings. The molecule has 1 aromatic heterocycles. The van der Waals surface area contributed by atoms with Crippen molar-refractivity contribution in [2.24, 2.45) is 12.8 Å². The molecule has 2 rings (SSSR count). The van der Waals surface area contributed by atoms with E-state index in [1.807, 2.05) is 30.3 Å². The Bertz CT molecular complexity index is 681. The van der Waals surface area contributed by atoms with Crippen LogP contribution in [0.2, 0.25) is 0 Å². The van der Waals surface area contributed by atoms with Gasteiger partial charge in [-0.25, -0.2) is 13.4 Å². The van der Waals surface area contributed by atoms with Crippen molar-refractivity contribution in [1.29, 1.82) is 0 Å². The van der Waals surface area contributed by atoms with Crippen molar-refractivity contribution in [3.63, 3.8) is 0 Å². The van der Waals surface area contributed by atoms with E-state index in [9.17, 15) is 8.42 Å². The number of hydrogen-bond acceptors (Lipinski definition) is 4. The SMILES string of the molecule is Cn1cnc(S(=O)(=O)NC(C)(CN)c2ccccc2)c1. The van der Waals surface area contributed by atoms with E-state index in [-0.39, 0.29) is 11.6 Å². The largest absolute Gasteiger partial charge is 0.339 e. The number of aryl methyl sites for hydroxylation is 1. The summed E-state index contributed by atoms with van der Waals surface area (Å²) in [6.07, 6.45) is 2.89. The molecule has 2 aromatic rings. The first-order valence-corrected chi connectivity index (χ1v) is 7.63. The summed E-state index contributed by atoms with van der Waals surface area (Å²) in [5, 5.41) is -0.0180. The number of nitrogens with zero attached hydrogens (tertiary/aromatic N) is 2. The van der Waals surface area contributed by atoms with Crippen LogP contribution in [0.3, 0.4) is 0 Å².